The second kappa shape index (κ2) is 2.44. The van der Waals surface area contributed by atoms with Crippen LogP contribution in [0.5, 0.6) is 0 Å². The Balaban J connectivity index is 2.74. The predicted molar refractivity (Wildman–Crippen MR) is 40.8 cm³/mol. The summed E-state index contributed by atoms with van der Waals surface area (Å²) in [6.07, 6.45) is 1.29. The number of carboxylic acid groups (broad SMARTS) is 1. The highest BCUT2D eigenvalue weighted by Crippen LogP contribution is 2.18. The lowest BCUT2D eigenvalue weighted by molar-refractivity contribution is 0.0643. The van der Waals surface area contributed by atoms with Crippen LogP contribution in [-0.4, -0.2) is 31.2 Å². The molecule has 6 heteroatoms. The third kappa shape index (κ3) is 0.994. The molecule has 2 aliphatic heterocycles. The van der Waals surface area contributed by atoms with Crippen LogP contribution in [0, 0.1) is 0 Å². The molecule has 0 unspecified atom stereocenters. The van der Waals surface area contributed by atoms with E-state index in [1.165, 1.54) is 18.3 Å². The second-order valence-corrected chi connectivity index (χ2v) is 2.45. The third-order valence-corrected chi connectivity index (χ3v) is 1.68. The van der Waals surface area contributed by atoms with E-state index in [1.807, 2.05) is 0 Å². The van der Waals surface area contributed by atoms with Gasteiger partial charge in [-0.15, -0.1) is 5.10 Å². The number of fused-ring (bicyclic) bond motifs is 1. The third-order valence-electron chi connectivity index (χ3n) is 1.68. The van der Waals surface area contributed by atoms with Crippen LogP contribution in [0.25, 0.3) is 11.4 Å². The average molecular weight is 179 g/mol. The molecule has 0 radical (unpaired) electrons. The molecule has 2 rings (SSSR count). The minimum absolute atomic E-state index is 0.220. The lowest BCUT2D eigenvalue weighted by atomic mass is 10.2. The summed E-state index contributed by atoms with van der Waals surface area (Å²) in [4.78, 5) is 10.6. The molecule has 0 saturated carbocycles. The van der Waals surface area contributed by atoms with Gasteiger partial charge in [0.15, 0.2) is 5.69 Å². The Kier molecular flexibility index (Phi) is 1.42. The topological polar surface area (TPSA) is 88.2 Å². The van der Waals surface area contributed by atoms with Crippen LogP contribution in [0.15, 0.2) is 18.3 Å². The molecule has 0 bridgehead atoms. The number of nitrogens with zero attached hydrogens (tertiary/aromatic N) is 3. The highest BCUT2D eigenvalue weighted by Gasteiger charge is 2.16. The molecule has 0 aromatic carbocycles. The largest absolute Gasteiger partial charge is 0.476 e. The lowest BCUT2D eigenvalue weighted by Gasteiger charge is -2.06. The van der Waals surface area contributed by atoms with Gasteiger partial charge in [-0.3, -0.25) is 0 Å². The van der Waals surface area contributed by atoms with Gasteiger partial charge >= 0.3 is 5.97 Å². The van der Waals surface area contributed by atoms with Crippen molar-refractivity contribution in [3.63, 3.8) is 0 Å². The number of hydrogen-bond acceptors (Lipinski definition) is 4. The zero-order chi connectivity index (χ0) is 9.42. The molecule has 0 spiro atoms. The fourth-order valence-corrected chi connectivity index (χ4v) is 1.07. The summed E-state index contributed by atoms with van der Waals surface area (Å²) in [5.74, 6) is -1.20. The first-order chi connectivity index (χ1) is 6.20. The van der Waals surface area contributed by atoms with Crippen molar-refractivity contribution < 1.29 is 15.1 Å². The number of aromatic carboxylic acids is 1. The van der Waals surface area contributed by atoms with Gasteiger partial charge in [0.2, 0.25) is 0 Å². The maximum atomic E-state index is 10.6. The lowest BCUT2D eigenvalue weighted by Crippen LogP contribution is -2.10. The Morgan fingerprint density at radius 3 is 2.92 bits per heavy atom. The highest BCUT2D eigenvalue weighted by atomic mass is 16.5. The van der Waals surface area contributed by atoms with Gasteiger partial charge in [-0.2, -0.15) is 9.83 Å². The number of aromatic nitrogens is 3. The molecule has 0 aliphatic carbocycles. The maximum Gasteiger partial charge on any atom is 0.356 e. The first kappa shape index (κ1) is 7.53. The molecule has 66 valence electrons. The first-order valence-corrected chi connectivity index (χ1v) is 3.46. The van der Waals surface area contributed by atoms with Gasteiger partial charge in [0.25, 0.3) is 0 Å². The van der Waals surface area contributed by atoms with E-state index < -0.39 is 5.97 Å². The quantitative estimate of drug-likeness (QED) is 0.615. The minimum atomic E-state index is -1.20. The van der Waals surface area contributed by atoms with Crippen molar-refractivity contribution in [3.05, 3.63) is 24.0 Å². The summed E-state index contributed by atoms with van der Waals surface area (Å²) in [6, 6.07) is 2.75. The molecule has 0 amide bonds. The van der Waals surface area contributed by atoms with E-state index in [-0.39, 0.29) is 11.4 Å². The minimum Gasteiger partial charge on any atom is -0.476 e. The number of carbonyl (C=O) groups is 1. The van der Waals surface area contributed by atoms with Crippen LogP contribution in [0.4, 0.5) is 0 Å². The average Bonchev–Trinajstić information content (AvgIpc) is 2.52. The standard InChI is InChI=1S/C7H5N3O3/c11-7(12)5-2-1-4-6(10(5)13)3-8-9-4/h1-3,13H,(H,11,12). The number of hydrogen-bond donors (Lipinski definition) is 2. The highest BCUT2D eigenvalue weighted by molar-refractivity contribution is 5.86. The zero-order valence-electron chi connectivity index (χ0n) is 6.38. The van der Waals surface area contributed by atoms with Crippen molar-refractivity contribution in [1.82, 2.24) is 14.9 Å². The fourth-order valence-electron chi connectivity index (χ4n) is 1.07. The summed E-state index contributed by atoms with van der Waals surface area (Å²) in [6.45, 7) is 0. The fraction of sp³-hybridized carbons (Fsp3) is 0. The summed E-state index contributed by atoms with van der Waals surface area (Å²) in [5.41, 5.74) is 0.509. The molecule has 2 heterocycles. The van der Waals surface area contributed by atoms with E-state index in [0.717, 1.165) is 0 Å². The normalized spacial score (nSPS) is 10.5. The SMILES string of the molecule is O=C(O)c1ccc2nncc-2n1O. The molecule has 6 nitrogen and oxygen atoms in total. The monoisotopic (exact) mass is 179 g/mol. The van der Waals surface area contributed by atoms with Crippen LogP contribution < -0.4 is 0 Å². The smallest absolute Gasteiger partial charge is 0.356 e. The van der Waals surface area contributed by atoms with E-state index in [2.05, 4.69) is 10.2 Å². The van der Waals surface area contributed by atoms with Crippen LogP contribution in [0.3, 0.4) is 0 Å². The van der Waals surface area contributed by atoms with E-state index in [9.17, 15) is 10.0 Å². The Bertz CT molecular complexity index is 437. The van der Waals surface area contributed by atoms with E-state index in [0.29, 0.717) is 10.4 Å². The molecule has 0 aromatic heterocycles. The van der Waals surface area contributed by atoms with Gasteiger partial charge in [-0.05, 0) is 12.1 Å². The van der Waals surface area contributed by atoms with Gasteiger partial charge < -0.3 is 10.3 Å². The molecule has 0 saturated heterocycles. The number of pyridine rings is 1. The molecular formula is C7H5N3O3. The van der Waals surface area contributed by atoms with Crippen LogP contribution in [0.1, 0.15) is 10.5 Å². The molecule has 0 aromatic rings. The molecule has 2 N–H and O–H groups in total. The Morgan fingerprint density at radius 1 is 1.46 bits per heavy atom. The zero-order valence-corrected chi connectivity index (χ0v) is 6.38. The van der Waals surface area contributed by atoms with Crippen molar-refractivity contribution in [2.75, 3.05) is 0 Å². The van der Waals surface area contributed by atoms with E-state index in [4.69, 9.17) is 5.11 Å². The van der Waals surface area contributed by atoms with E-state index >= 15 is 0 Å². The first-order valence-electron chi connectivity index (χ1n) is 3.46. The summed E-state index contributed by atoms with van der Waals surface area (Å²) in [5, 5.41) is 25.2. The van der Waals surface area contributed by atoms with Crippen LogP contribution in [0.2, 0.25) is 0 Å². The molecule has 2 aliphatic rings. The van der Waals surface area contributed by atoms with Gasteiger partial charge in [0, 0.05) is 0 Å². The number of rotatable bonds is 1. The maximum absolute atomic E-state index is 10.6. The van der Waals surface area contributed by atoms with Crippen molar-refractivity contribution >= 4 is 5.97 Å². The Morgan fingerprint density at radius 2 is 2.23 bits per heavy atom. The molecule has 0 fully saturated rings. The van der Waals surface area contributed by atoms with E-state index in [1.54, 1.807) is 0 Å². The molecular weight excluding hydrogens is 174 g/mol. The van der Waals surface area contributed by atoms with Gasteiger partial charge in [0.1, 0.15) is 11.4 Å². The molecule has 13 heavy (non-hydrogen) atoms. The predicted octanol–water partition coefficient (Wildman–Crippen LogP) is 0.318. The van der Waals surface area contributed by atoms with Gasteiger partial charge in [-0.1, -0.05) is 0 Å². The van der Waals surface area contributed by atoms with Gasteiger partial charge in [0.05, 0.1) is 6.20 Å². The number of carboxylic acids is 1. The van der Waals surface area contributed by atoms with Crippen molar-refractivity contribution in [1.29, 1.82) is 0 Å². The summed E-state index contributed by atoms with van der Waals surface area (Å²) < 4.78 is 0.553. The van der Waals surface area contributed by atoms with Gasteiger partial charge in [-0.25, -0.2) is 4.79 Å². The summed E-state index contributed by atoms with van der Waals surface area (Å²) >= 11 is 0. The van der Waals surface area contributed by atoms with Crippen LogP contribution in [-0.2, 0) is 0 Å². The second-order valence-electron chi connectivity index (χ2n) is 2.45. The Hall–Kier alpha value is -2.11. The molecule has 0 atom stereocenters. The Labute approximate surface area is 72.4 Å². The van der Waals surface area contributed by atoms with Crippen molar-refractivity contribution in [3.8, 4) is 11.4 Å². The van der Waals surface area contributed by atoms with Crippen molar-refractivity contribution in [2.24, 2.45) is 0 Å². The van der Waals surface area contributed by atoms with Crippen LogP contribution >= 0.6 is 0 Å². The summed E-state index contributed by atoms with van der Waals surface area (Å²) in [7, 11) is 0. The van der Waals surface area contributed by atoms with Crippen molar-refractivity contribution in [2.45, 2.75) is 0 Å².